The number of pyridine rings is 1. The average molecular weight is 521 g/mol. The second kappa shape index (κ2) is 10.5. The molecule has 0 radical (unpaired) electrons. The Labute approximate surface area is 217 Å². The van der Waals surface area contributed by atoms with E-state index in [4.69, 9.17) is 4.74 Å². The number of carbonyl (C=O) groups is 2. The summed E-state index contributed by atoms with van der Waals surface area (Å²) in [6, 6.07) is 12.1. The lowest BCUT2D eigenvalue weighted by molar-refractivity contribution is 0.0691. The molecule has 1 atom stereocenters. The van der Waals surface area contributed by atoms with Gasteiger partial charge in [-0.15, -0.1) is 0 Å². The van der Waals surface area contributed by atoms with Crippen molar-refractivity contribution in [3.8, 4) is 5.75 Å². The fourth-order valence-electron chi connectivity index (χ4n) is 4.50. The summed E-state index contributed by atoms with van der Waals surface area (Å²) in [5.41, 5.74) is -0.124. The first-order valence-electron chi connectivity index (χ1n) is 12.2. The summed E-state index contributed by atoms with van der Waals surface area (Å²) in [4.78, 5) is 41.9. The highest BCUT2D eigenvalue weighted by atomic mass is 19.1. The number of amides is 2. The fraction of sp³-hybridized carbons (Fsp3) is 0.250. The molecule has 1 aromatic heterocycles. The molecule has 8 nitrogen and oxygen atoms in total. The van der Waals surface area contributed by atoms with Crippen LogP contribution in [0.4, 0.5) is 8.78 Å². The second-order valence-electron chi connectivity index (χ2n) is 9.25. The van der Waals surface area contributed by atoms with Crippen molar-refractivity contribution in [1.82, 2.24) is 14.9 Å². The lowest BCUT2D eigenvalue weighted by atomic mass is 10.1. The number of hydrogen-bond acceptors (Lipinski definition) is 5. The molecule has 196 valence electrons. The van der Waals surface area contributed by atoms with Gasteiger partial charge in [0.05, 0.1) is 0 Å². The minimum absolute atomic E-state index is 0.0116. The zero-order valence-electron chi connectivity index (χ0n) is 20.7. The van der Waals surface area contributed by atoms with Crippen molar-refractivity contribution in [2.45, 2.75) is 32.5 Å². The molecule has 0 aliphatic carbocycles. The predicted molar refractivity (Wildman–Crippen MR) is 136 cm³/mol. The van der Waals surface area contributed by atoms with Crippen molar-refractivity contribution in [1.29, 1.82) is 0 Å². The zero-order valence-corrected chi connectivity index (χ0v) is 20.7. The first kappa shape index (κ1) is 25.2. The van der Waals surface area contributed by atoms with E-state index >= 15 is 0 Å². The molecule has 2 amide bonds. The Kier molecular flexibility index (Phi) is 6.95. The quantitative estimate of drug-likeness (QED) is 0.504. The highest BCUT2D eigenvalue weighted by molar-refractivity contribution is 5.99. The molecule has 3 aromatic rings. The molecule has 0 saturated heterocycles. The largest absolute Gasteiger partial charge is 0.482 e. The van der Waals surface area contributed by atoms with E-state index in [9.17, 15) is 23.2 Å². The molecule has 10 heteroatoms. The van der Waals surface area contributed by atoms with E-state index in [0.717, 1.165) is 17.7 Å². The smallest absolute Gasteiger partial charge is 0.278 e. The van der Waals surface area contributed by atoms with Gasteiger partial charge in [-0.25, -0.2) is 8.78 Å². The first-order valence-corrected chi connectivity index (χ1v) is 12.2. The van der Waals surface area contributed by atoms with Gasteiger partial charge in [-0.05, 0) is 25.0 Å². The van der Waals surface area contributed by atoms with Gasteiger partial charge in [0, 0.05) is 37.0 Å². The van der Waals surface area contributed by atoms with Gasteiger partial charge >= 0.3 is 0 Å². The van der Waals surface area contributed by atoms with Gasteiger partial charge in [0.2, 0.25) is 5.43 Å². The monoisotopic (exact) mass is 520 g/mol. The van der Waals surface area contributed by atoms with Crippen LogP contribution in [-0.2, 0) is 13.2 Å². The number of rotatable bonds is 6. The van der Waals surface area contributed by atoms with Crippen molar-refractivity contribution in [2.75, 3.05) is 18.2 Å². The molecule has 2 aliphatic heterocycles. The number of nitrogens with zero attached hydrogens (tertiary/aromatic N) is 3. The summed E-state index contributed by atoms with van der Waals surface area (Å²) in [7, 11) is 0. The van der Waals surface area contributed by atoms with Gasteiger partial charge < -0.3 is 15.0 Å². The number of fused-ring (bicyclic) bond motifs is 4. The summed E-state index contributed by atoms with van der Waals surface area (Å²) < 4.78 is 34.8. The van der Waals surface area contributed by atoms with Gasteiger partial charge in [0.25, 0.3) is 11.8 Å². The third-order valence-corrected chi connectivity index (χ3v) is 6.63. The van der Waals surface area contributed by atoms with Crippen LogP contribution in [0.2, 0.25) is 0 Å². The molecular weight excluding hydrogens is 494 g/mol. The Morgan fingerprint density at radius 3 is 2.66 bits per heavy atom. The van der Waals surface area contributed by atoms with E-state index in [2.05, 4.69) is 5.32 Å². The van der Waals surface area contributed by atoms with Crippen LogP contribution < -0.4 is 20.5 Å². The normalized spacial score (nSPS) is 16.5. The highest BCUT2D eigenvalue weighted by Gasteiger charge is 2.36. The van der Waals surface area contributed by atoms with Crippen molar-refractivity contribution in [3.05, 3.63) is 111 Å². The van der Waals surface area contributed by atoms with Crippen molar-refractivity contribution >= 4 is 11.8 Å². The number of benzene rings is 2. The van der Waals surface area contributed by atoms with Crippen molar-refractivity contribution < 1.29 is 23.1 Å². The number of halogens is 2. The minimum Gasteiger partial charge on any atom is -0.482 e. The zero-order chi connectivity index (χ0) is 26.8. The van der Waals surface area contributed by atoms with Crippen LogP contribution in [0.3, 0.4) is 0 Å². The van der Waals surface area contributed by atoms with Crippen LogP contribution in [0.1, 0.15) is 45.3 Å². The van der Waals surface area contributed by atoms with Gasteiger partial charge in [-0.1, -0.05) is 48.6 Å². The summed E-state index contributed by atoms with van der Waals surface area (Å²) in [5.74, 6) is -2.94. The molecule has 0 unspecified atom stereocenters. The maximum atomic E-state index is 14.1. The second-order valence-corrected chi connectivity index (χ2v) is 9.25. The Bertz CT molecular complexity index is 1470. The standard InChI is InChI=1S/C28H26F2N4O4/c1-18-7-5-6-12-32-17-34(18)33-15-22(27(36)31-14-20-10-11-21(29)13-23(20)30)25(35)26(24(33)28(32)37)38-16-19-8-3-2-4-9-19/h2-6,8-11,13,15,18H,7,12,14,16-17H2,1H3,(H,31,36)/t18-/m1/s1. The van der Waals surface area contributed by atoms with Crippen LogP contribution in [0.5, 0.6) is 5.75 Å². The first-order chi connectivity index (χ1) is 18.3. The Morgan fingerprint density at radius 2 is 1.89 bits per heavy atom. The lowest BCUT2D eigenvalue weighted by Gasteiger charge is -2.43. The summed E-state index contributed by atoms with van der Waals surface area (Å²) in [6.45, 7) is 2.37. The molecule has 2 aromatic carbocycles. The minimum atomic E-state index is -0.812. The number of ether oxygens (including phenoxy) is 1. The van der Waals surface area contributed by atoms with Crippen LogP contribution in [-0.4, -0.2) is 40.6 Å². The summed E-state index contributed by atoms with van der Waals surface area (Å²) in [6.07, 6.45) is 5.93. The molecule has 3 heterocycles. The molecule has 2 aliphatic rings. The van der Waals surface area contributed by atoms with Gasteiger partial charge in [-0.2, -0.15) is 0 Å². The van der Waals surface area contributed by atoms with E-state index in [0.29, 0.717) is 13.0 Å². The topological polar surface area (TPSA) is 83.9 Å². The van der Waals surface area contributed by atoms with Crippen molar-refractivity contribution in [2.24, 2.45) is 0 Å². The van der Waals surface area contributed by atoms with E-state index in [-0.39, 0.29) is 54.3 Å². The summed E-state index contributed by atoms with van der Waals surface area (Å²) >= 11 is 0. The van der Waals surface area contributed by atoms with E-state index in [1.165, 1.54) is 16.9 Å². The van der Waals surface area contributed by atoms with E-state index in [1.807, 2.05) is 54.4 Å². The molecule has 5 rings (SSSR count). The predicted octanol–water partition coefficient (Wildman–Crippen LogP) is 3.34. The van der Waals surface area contributed by atoms with Gasteiger partial charge in [0.15, 0.2) is 11.4 Å². The van der Waals surface area contributed by atoms with Crippen LogP contribution in [0, 0.1) is 11.6 Å². The van der Waals surface area contributed by atoms with Gasteiger partial charge in [-0.3, -0.25) is 24.1 Å². The molecule has 0 fully saturated rings. The maximum Gasteiger partial charge on any atom is 0.278 e. The average Bonchev–Trinajstić information content (AvgIpc) is 2.90. The maximum absolute atomic E-state index is 14.1. The van der Waals surface area contributed by atoms with E-state index in [1.54, 1.807) is 4.90 Å². The number of aromatic nitrogens is 1. The van der Waals surface area contributed by atoms with E-state index < -0.39 is 23.0 Å². The fourth-order valence-corrected chi connectivity index (χ4v) is 4.50. The Morgan fingerprint density at radius 1 is 1.11 bits per heavy atom. The Balaban J connectivity index is 1.55. The number of hydrogen-bond donors (Lipinski definition) is 1. The molecule has 0 spiro atoms. The molecule has 0 saturated carbocycles. The van der Waals surface area contributed by atoms with Crippen LogP contribution in [0.15, 0.2) is 71.7 Å². The third-order valence-electron chi connectivity index (χ3n) is 6.63. The van der Waals surface area contributed by atoms with Crippen molar-refractivity contribution in [3.63, 3.8) is 0 Å². The molecular formula is C28H26F2N4O4. The SMILES string of the molecule is C[C@@H]1CC=CCN2CN1n1cc(C(=O)NCc3ccc(F)cc3F)c(=O)c(OCc3ccccc3)c1C2=O. The third kappa shape index (κ3) is 4.89. The van der Waals surface area contributed by atoms with Crippen LogP contribution in [0.25, 0.3) is 0 Å². The summed E-state index contributed by atoms with van der Waals surface area (Å²) in [5, 5.41) is 4.42. The number of carbonyl (C=O) groups excluding carboxylic acids is 2. The number of nitrogens with one attached hydrogen (secondary N) is 1. The molecule has 38 heavy (non-hydrogen) atoms. The Hall–Kier alpha value is -4.47. The van der Waals surface area contributed by atoms with Gasteiger partial charge in [0.1, 0.15) is 30.5 Å². The highest BCUT2D eigenvalue weighted by Crippen LogP contribution is 2.26. The lowest BCUT2D eigenvalue weighted by Crippen LogP contribution is -2.58. The molecule has 1 N–H and O–H groups in total. The van der Waals surface area contributed by atoms with Crippen LogP contribution >= 0.6 is 0 Å². The molecule has 2 bridgehead atoms.